The van der Waals surface area contributed by atoms with Crippen LogP contribution < -0.4 is 4.90 Å². The Morgan fingerprint density at radius 2 is 1.92 bits per heavy atom. The summed E-state index contributed by atoms with van der Waals surface area (Å²) in [4.78, 5) is 24.8. The van der Waals surface area contributed by atoms with E-state index < -0.39 is 5.97 Å². The molecule has 8 heteroatoms. The van der Waals surface area contributed by atoms with Gasteiger partial charge in [-0.15, -0.1) is 0 Å². The van der Waals surface area contributed by atoms with Gasteiger partial charge in [0, 0.05) is 27.8 Å². The summed E-state index contributed by atoms with van der Waals surface area (Å²) in [5.41, 5.74) is 0.765. The zero-order valence-corrected chi connectivity index (χ0v) is 17.5. The maximum absolute atomic E-state index is 12.6. The molecule has 1 rings (SSSR count). The van der Waals surface area contributed by atoms with E-state index in [4.69, 9.17) is 9.84 Å². The number of nitrogens with zero attached hydrogens (tertiary/aromatic N) is 1. The number of ether oxygens (including phenoxy) is 1. The first-order valence-electron chi connectivity index (χ1n) is 7.59. The van der Waals surface area contributed by atoms with Gasteiger partial charge in [0.2, 0.25) is 5.91 Å². The van der Waals surface area contributed by atoms with Crippen molar-refractivity contribution < 1.29 is 19.4 Å². The fourth-order valence-electron chi connectivity index (χ4n) is 1.91. The van der Waals surface area contributed by atoms with Crippen molar-refractivity contribution in [3.8, 4) is 0 Å². The fourth-order valence-corrected chi connectivity index (χ4v) is 4.13. The van der Waals surface area contributed by atoms with Gasteiger partial charge in [-0.25, -0.2) is 0 Å². The number of amides is 1. The lowest BCUT2D eigenvalue weighted by Gasteiger charge is -2.25. The minimum atomic E-state index is -0.853. The Labute approximate surface area is 163 Å². The average molecular weight is 483 g/mol. The molecule has 0 aromatic heterocycles. The van der Waals surface area contributed by atoms with Gasteiger partial charge in [0.05, 0.1) is 24.5 Å². The van der Waals surface area contributed by atoms with E-state index in [0.717, 1.165) is 21.1 Å². The number of benzene rings is 1. The smallest absolute Gasteiger partial charge is 0.304 e. The van der Waals surface area contributed by atoms with Gasteiger partial charge < -0.3 is 14.7 Å². The molecule has 0 aliphatic carbocycles. The SMILES string of the molecule is CCCOCCN(C(=O)CSCCC(=O)O)c1c(Br)cccc1Br. The molecule has 24 heavy (non-hydrogen) atoms. The molecule has 0 fully saturated rings. The van der Waals surface area contributed by atoms with Crippen LogP contribution in [0.1, 0.15) is 19.8 Å². The van der Waals surface area contributed by atoms with Crippen LogP contribution >= 0.6 is 43.6 Å². The molecule has 0 saturated carbocycles. The largest absolute Gasteiger partial charge is 0.481 e. The van der Waals surface area contributed by atoms with Gasteiger partial charge >= 0.3 is 5.97 Å². The molecule has 0 unspecified atom stereocenters. The Morgan fingerprint density at radius 1 is 1.25 bits per heavy atom. The van der Waals surface area contributed by atoms with E-state index in [2.05, 4.69) is 31.9 Å². The Bertz CT molecular complexity index is 537. The van der Waals surface area contributed by atoms with Crippen LogP contribution in [0.25, 0.3) is 0 Å². The van der Waals surface area contributed by atoms with Gasteiger partial charge in [-0.05, 0) is 50.4 Å². The van der Waals surface area contributed by atoms with Gasteiger partial charge in [0.25, 0.3) is 0 Å². The van der Waals surface area contributed by atoms with Crippen molar-refractivity contribution in [3.05, 3.63) is 27.1 Å². The number of rotatable bonds is 11. The number of aliphatic carboxylic acids is 1. The van der Waals surface area contributed by atoms with E-state index in [1.165, 1.54) is 11.8 Å². The number of thioether (sulfide) groups is 1. The quantitative estimate of drug-likeness (QED) is 0.479. The van der Waals surface area contributed by atoms with Crippen LogP contribution in [0.2, 0.25) is 0 Å². The van der Waals surface area contributed by atoms with E-state index in [-0.39, 0.29) is 18.1 Å². The van der Waals surface area contributed by atoms with Crippen LogP contribution in [0.3, 0.4) is 0 Å². The van der Waals surface area contributed by atoms with Gasteiger partial charge in [-0.1, -0.05) is 13.0 Å². The normalized spacial score (nSPS) is 10.6. The Hall–Kier alpha value is -0.570. The van der Waals surface area contributed by atoms with E-state index in [9.17, 15) is 9.59 Å². The number of carbonyl (C=O) groups is 2. The minimum Gasteiger partial charge on any atom is -0.481 e. The van der Waals surface area contributed by atoms with E-state index in [0.29, 0.717) is 25.5 Å². The predicted molar refractivity (Wildman–Crippen MR) is 105 cm³/mol. The van der Waals surface area contributed by atoms with Crippen LogP contribution in [-0.2, 0) is 14.3 Å². The van der Waals surface area contributed by atoms with Crippen molar-refractivity contribution in [2.75, 3.05) is 36.2 Å². The number of carboxylic acid groups (broad SMARTS) is 1. The lowest BCUT2D eigenvalue weighted by atomic mass is 10.3. The molecule has 1 aromatic rings. The summed E-state index contributed by atoms with van der Waals surface area (Å²) in [6.45, 7) is 3.59. The highest BCUT2D eigenvalue weighted by atomic mass is 79.9. The molecule has 0 radical (unpaired) electrons. The molecular formula is C16H21Br2NO4S. The van der Waals surface area contributed by atoms with Crippen LogP contribution in [-0.4, -0.2) is 48.2 Å². The molecular weight excluding hydrogens is 462 g/mol. The van der Waals surface area contributed by atoms with Crippen LogP contribution in [0.4, 0.5) is 5.69 Å². The van der Waals surface area contributed by atoms with E-state index >= 15 is 0 Å². The fraction of sp³-hybridized carbons (Fsp3) is 0.500. The van der Waals surface area contributed by atoms with Gasteiger partial charge in [0.15, 0.2) is 0 Å². The monoisotopic (exact) mass is 481 g/mol. The molecule has 0 atom stereocenters. The first kappa shape index (κ1) is 21.5. The summed E-state index contributed by atoms with van der Waals surface area (Å²) in [7, 11) is 0. The molecule has 1 aromatic carbocycles. The summed E-state index contributed by atoms with van der Waals surface area (Å²) < 4.78 is 7.14. The highest BCUT2D eigenvalue weighted by Gasteiger charge is 2.20. The number of para-hydroxylation sites is 1. The van der Waals surface area contributed by atoms with Crippen LogP contribution in [0.5, 0.6) is 0 Å². The highest BCUT2D eigenvalue weighted by Crippen LogP contribution is 2.34. The molecule has 1 N–H and O–H groups in total. The number of carbonyl (C=O) groups excluding carboxylic acids is 1. The average Bonchev–Trinajstić information content (AvgIpc) is 2.53. The molecule has 0 saturated heterocycles. The Morgan fingerprint density at radius 3 is 2.50 bits per heavy atom. The summed E-state index contributed by atoms with van der Waals surface area (Å²) in [5, 5.41) is 8.67. The topological polar surface area (TPSA) is 66.8 Å². The Kier molecular flexibility index (Phi) is 10.6. The van der Waals surface area contributed by atoms with Gasteiger partial charge in [-0.2, -0.15) is 11.8 Å². The molecule has 0 bridgehead atoms. The summed E-state index contributed by atoms with van der Waals surface area (Å²) in [6, 6.07) is 5.64. The number of halogens is 2. The second-order valence-corrected chi connectivity index (χ2v) is 7.74. The predicted octanol–water partition coefficient (Wildman–Crippen LogP) is 4.18. The zero-order valence-electron chi connectivity index (χ0n) is 13.5. The van der Waals surface area contributed by atoms with Crippen molar-refractivity contribution in [2.24, 2.45) is 0 Å². The summed E-state index contributed by atoms with van der Waals surface area (Å²) in [6.07, 6.45) is 0.980. The first-order valence-corrected chi connectivity index (χ1v) is 10.3. The van der Waals surface area contributed by atoms with Crippen molar-refractivity contribution >= 4 is 61.2 Å². The van der Waals surface area contributed by atoms with E-state index in [1.807, 2.05) is 25.1 Å². The number of hydrogen-bond acceptors (Lipinski definition) is 4. The minimum absolute atomic E-state index is 0.0519. The first-order chi connectivity index (χ1) is 11.5. The van der Waals surface area contributed by atoms with Crippen LogP contribution in [0.15, 0.2) is 27.1 Å². The molecule has 1 amide bonds. The second kappa shape index (κ2) is 11.9. The molecule has 0 aliphatic rings. The van der Waals surface area contributed by atoms with Crippen molar-refractivity contribution in [1.29, 1.82) is 0 Å². The molecule has 134 valence electrons. The van der Waals surface area contributed by atoms with Crippen molar-refractivity contribution in [2.45, 2.75) is 19.8 Å². The molecule has 5 nitrogen and oxygen atoms in total. The highest BCUT2D eigenvalue weighted by molar-refractivity contribution is 9.11. The van der Waals surface area contributed by atoms with Crippen LogP contribution in [0, 0.1) is 0 Å². The Balaban J connectivity index is 2.77. The third-order valence-electron chi connectivity index (χ3n) is 3.00. The number of carboxylic acids is 1. The van der Waals surface area contributed by atoms with Gasteiger partial charge in [0.1, 0.15) is 0 Å². The molecule has 0 heterocycles. The third-order valence-corrected chi connectivity index (χ3v) is 5.23. The molecule has 0 spiro atoms. The zero-order chi connectivity index (χ0) is 17.9. The lowest BCUT2D eigenvalue weighted by Crippen LogP contribution is -2.36. The maximum atomic E-state index is 12.6. The number of anilines is 1. The van der Waals surface area contributed by atoms with Crippen molar-refractivity contribution in [3.63, 3.8) is 0 Å². The van der Waals surface area contributed by atoms with Crippen molar-refractivity contribution in [1.82, 2.24) is 0 Å². The number of hydrogen-bond donors (Lipinski definition) is 1. The molecule has 0 aliphatic heterocycles. The lowest BCUT2D eigenvalue weighted by molar-refractivity contribution is -0.136. The maximum Gasteiger partial charge on any atom is 0.304 e. The standard InChI is InChI=1S/C16H21Br2NO4S/c1-2-8-23-9-7-19(14(20)11-24-10-6-15(21)22)16-12(17)4-3-5-13(16)18/h3-5H,2,6-11H2,1H3,(H,21,22). The van der Waals surface area contributed by atoms with Gasteiger partial charge in [-0.3, -0.25) is 9.59 Å². The summed E-state index contributed by atoms with van der Waals surface area (Å²) in [5.74, 6) is -0.279. The third kappa shape index (κ3) is 7.55. The second-order valence-electron chi connectivity index (χ2n) is 4.92. The van der Waals surface area contributed by atoms with E-state index in [1.54, 1.807) is 4.90 Å². The summed E-state index contributed by atoms with van der Waals surface area (Å²) >= 11 is 8.31.